The van der Waals surface area contributed by atoms with Crippen LogP contribution in [-0.2, 0) is 0 Å². The van der Waals surface area contributed by atoms with Gasteiger partial charge in [-0.15, -0.1) is 0 Å². The Morgan fingerprint density at radius 3 is 2.83 bits per heavy atom. The van der Waals surface area contributed by atoms with Gasteiger partial charge >= 0.3 is 0 Å². The van der Waals surface area contributed by atoms with Crippen LogP contribution in [0.2, 0.25) is 0 Å². The molecule has 4 heteroatoms. The number of phenols is 1. The Morgan fingerprint density at radius 1 is 1.17 bits per heavy atom. The third kappa shape index (κ3) is 1.73. The predicted octanol–water partition coefficient (Wildman–Crippen LogP) is 2.56. The van der Waals surface area contributed by atoms with Crippen molar-refractivity contribution in [2.75, 3.05) is 0 Å². The molecular formula is C14H9NO3. The van der Waals surface area contributed by atoms with Crippen LogP contribution < -0.4 is 5.43 Å². The molecule has 0 amide bonds. The van der Waals surface area contributed by atoms with Crippen molar-refractivity contribution in [2.45, 2.75) is 0 Å². The molecule has 0 aliphatic rings. The maximum absolute atomic E-state index is 11.9. The minimum Gasteiger partial charge on any atom is -0.508 e. The first kappa shape index (κ1) is 10.5. The van der Waals surface area contributed by atoms with Gasteiger partial charge in [0.2, 0.25) is 0 Å². The van der Waals surface area contributed by atoms with Gasteiger partial charge in [0, 0.05) is 24.0 Å². The molecule has 18 heavy (non-hydrogen) atoms. The Morgan fingerprint density at radius 2 is 2.06 bits per heavy atom. The van der Waals surface area contributed by atoms with E-state index in [9.17, 15) is 9.90 Å². The highest BCUT2D eigenvalue weighted by atomic mass is 16.3. The number of hydrogen-bond acceptors (Lipinski definition) is 4. The smallest absolute Gasteiger partial charge is 0.193 e. The summed E-state index contributed by atoms with van der Waals surface area (Å²) in [5, 5.41) is 9.71. The molecule has 0 aliphatic carbocycles. The van der Waals surface area contributed by atoms with E-state index >= 15 is 0 Å². The highest BCUT2D eigenvalue weighted by Gasteiger charge is 2.07. The molecule has 0 aliphatic heterocycles. The predicted molar refractivity (Wildman–Crippen MR) is 67.4 cm³/mol. The molecule has 0 fully saturated rings. The van der Waals surface area contributed by atoms with E-state index in [0.717, 1.165) is 5.56 Å². The van der Waals surface area contributed by atoms with Crippen LogP contribution in [0.4, 0.5) is 0 Å². The van der Waals surface area contributed by atoms with E-state index in [0.29, 0.717) is 16.7 Å². The van der Waals surface area contributed by atoms with Crippen molar-refractivity contribution in [1.82, 2.24) is 4.98 Å². The number of rotatable bonds is 1. The fourth-order valence-electron chi connectivity index (χ4n) is 1.80. The van der Waals surface area contributed by atoms with Gasteiger partial charge in [0.15, 0.2) is 5.43 Å². The second kappa shape index (κ2) is 4.00. The number of aromatic hydroxyl groups is 1. The van der Waals surface area contributed by atoms with Gasteiger partial charge in [-0.3, -0.25) is 9.78 Å². The number of phenolic OH excluding ortho intramolecular Hbond substituents is 1. The van der Waals surface area contributed by atoms with Crippen LogP contribution in [0.3, 0.4) is 0 Å². The highest BCUT2D eigenvalue weighted by molar-refractivity contribution is 5.79. The van der Waals surface area contributed by atoms with Crippen LogP contribution in [-0.4, -0.2) is 10.1 Å². The molecule has 0 saturated carbocycles. The number of fused-ring (bicyclic) bond motifs is 1. The fraction of sp³-hybridized carbons (Fsp3) is 0. The van der Waals surface area contributed by atoms with Crippen molar-refractivity contribution in [3.8, 4) is 17.1 Å². The molecule has 0 saturated heterocycles. The summed E-state index contributed by atoms with van der Waals surface area (Å²) in [5.41, 5.74) is 0.995. The lowest BCUT2D eigenvalue weighted by Gasteiger charge is -2.02. The second-order valence-electron chi connectivity index (χ2n) is 3.90. The molecule has 1 N–H and O–H groups in total. The van der Waals surface area contributed by atoms with Gasteiger partial charge in [-0.05, 0) is 30.3 Å². The zero-order valence-corrected chi connectivity index (χ0v) is 9.33. The molecule has 0 atom stereocenters. The van der Waals surface area contributed by atoms with Crippen LogP contribution >= 0.6 is 0 Å². The van der Waals surface area contributed by atoms with Crippen LogP contribution in [0.1, 0.15) is 0 Å². The van der Waals surface area contributed by atoms with Crippen LogP contribution in [0.5, 0.6) is 5.75 Å². The fourth-order valence-corrected chi connectivity index (χ4v) is 1.80. The summed E-state index contributed by atoms with van der Waals surface area (Å²) in [7, 11) is 0. The molecule has 0 spiro atoms. The zero-order chi connectivity index (χ0) is 12.5. The second-order valence-corrected chi connectivity index (χ2v) is 3.90. The Bertz CT molecular complexity index is 763. The minimum absolute atomic E-state index is 0.0453. The van der Waals surface area contributed by atoms with E-state index in [1.165, 1.54) is 18.2 Å². The SMILES string of the molecule is O=c1cc(-c2cccnc2)oc2ccc(O)cc12. The third-order valence-corrected chi connectivity index (χ3v) is 2.66. The monoisotopic (exact) mass is 239 g/mol. The zero-order valence-electron chi connectivity index (χ0n) is 9.33. The maximum atomic E-state index is 11.9. The maximum Gasteiger partial charge on any atom is 0.193 e. The molecular weight excluding hydrogens is 230 g/mol. The van der Waals surface area contributed by atoms with Crippen molar-refractivity contribution in [3.05, 3.63) is 59.0 Å². The lowest BCUT2D eigenvalue weighted by Crippen LogP contribution is -2.00. The van der Waals surface area contributed by atoms with Gasteiger partial charge in [0.1, 0.15) is 17.1 Å². The van der Waals surface area contributed by atoms with E-state index in [1.54, 1.807) is 24.5 Å². The summed E-state index contributed by atoms with van der Waals surface area (Å²) in [5.74, 6) is 0.509. The highest BCUT2D eigenvalue weighted by Crippen LogP contribution is 2.23. The van der Waals surface area contributed by atoms with E-state index in [1.807, 2.05) is 6.07 Å². The molecule has 2 heterocycles. The molecule has 1 aromatic carbocycles. The Balaban J connectivity index is 2.29. The topological polar surface area (TPSA) is 63.3 Å². The largest absolute Gasteiger partial charge is 0.508 e. The van der Waals surface area contributed by atoms with Gasteiger partial charge < -0.3 is 9.52 Å². The molecule has 3 aromatic rings. The summed E-state index contributed by atoms with van der Waals surface area (Å²) >= 11 is 0. The van der Waals surface area contributed by atoms with E-state index in [-0.39, 0.29) is 11.2 Å². The van der Waals surface area contributed by atoms with E-state index < -0.39 is 0 Å². The van der Waals surface area contributed by atoms with E-state index in [4.69, 9.17) is 4.42 Å². The van der Waals surface area contributed by atoms with Crippen LogP contribution in [0, 0.1) is 0 Å². The molecule has 0 unspecified atom stereocenters. The van der Waals surface area contributed by atoms with E-state index in [2.05, 4.69) is 4.98 Å². The summed E-state index contributed by atoms with van der Waals surface area (Å²) in [6.45, 7) is 0. The molecule has 0 radical (unpaired) electrons. The van der Waals surface area contributed by atoms with Crippen molar-refractivity contribution in [1.29, 1.82) is 0 Å². The molecule has 4 nitrogen and oxygen atoms in total. The van der Waals surface area contributed by atoms with Gasteiger partial charge in [-0.25, -0.2) is 0 Å². The van der Waals surface area contributed by atoms with Crippen LogP contribution in [0.15, 0.2) is 58.0 Å². The van der Waals surface area contributed by atoms with Gasteiger partial charge in [-0.2, -0.15) is 0 Å². The molecule has 3 rings (SSSR count). The number of benzene rings is 1. The molecule has 2 aromatic heterocycles. The summed E-state index contributed by atoms with van der Waals surface area (Å²) < 4.78 is 5.63. The molecule has 0 bridgehead atoms. The van der Waals surface area contributed by atoms with Gasteiger partial charge in [0.25, 0.3) is 0 Å². The average Bonchev–Trinajstić information content (AvgIpc) is 2.40. The molecule has 88 valence electrons. The Labute approximate surface area is 102 Å². The lowest BCUT2D eigenvalue weighted by molar-refractivity contribution is 0.475. The summed E-state index contributed by atoms with van der Waals surface area (Å²) in [6.07, 6.45) is 3.28. The van der Waals surface area contributed by atoms with Gasteiger partial charge in [-0.1, -0.05) is 0 Å². The standard InChI is InChI=1S/C14H9NO3/c16-10-3-4-13-11(6-10)12(17)7-14(18-13)9-2-1-5-15-8-9/h1-8,16H. The third-order valence-electron chi connectivity index (χ3n) is 2.66. The summed E-state index contributed by atoms with van der Waals surface area (Å²) in [6, 6.07) is 9.45. The quantitative estimate of drug-likeness (QED) is 0.708. The van der Waals surface area contributed by atoms with Crippen molar-refractivity contribution in [2.24, 2.45) is 0 Å². The first-order chi connectivity index (χ1) is 8.74. The Kier molecular flexibility index (Phi) is 2.34. The van der Waals surface area contributed by atoms with Crippen LogP contribution in [0.25, 0.3) is 22.3 Å². The minimum atomic E-state index is -0.189. The number of pyridine rings is 1. The van der Waals surface area contributed by atoms with Gasteiger partial charge in [0.05, 0.1) is 5.39 Å². The summed E-state index contributed by atoms with van der Waals surface area (Å²) in [4.78, 5) is 15.9. The van der Waals surface area contributed by atoms with Crippen molar-refractivity contribution < 1.29 is 9.52 Å². The number of nitrogens with zero attached hydrogens (tertiary/aromatic N) is 1. The first-order valence-corrected chi connectivity index (χ1v) is 5.41. The lowest BCUT2D eigenvalue weighted by atomic mass is 10.1. The van der Waals surface area contributed by atoms with Crippen molar-refractivity contribution in [3.63, 3.8) is 0 Å². The Hall–Kier alpha value is -2.62. The average molecular weight is 239 g/mol. The normalized spacial score (nSPS) is 10.7. The number of hydrogen-bond donors (Lipinski definition) is 1. The number of aromatic nitrogens is 1. The first-order valence-electron chi connectivity index (χ1n) is 5.41. The van der Waals surface area contributed by atoms with Crippen molar-refractivity contribution >= 4 is 11.0 Å².